The Balaban J connectivity index is 2.27. The van der Waals surface area contributed by atoms with Gasteiger partial charge in [0.1, 0.15) is 12.1 Å². The summed E-state index contributed by atoms with van der Waals surface area (Å²) in [6.45, 7) is 1.52. The molecule has 1 aromatic carbocycles. The van der Waals surface area contributed by atoms with Crippen molar-refractivity contribution in [2.24, 2.45) is 17.4 Å². The van der Waals surface area contributed by atoms with Crippen LogP contribution >= 0.6 is 15.9 Å². The van der Waals surface area contributed by atoms with Crippen molar-refractivity contribution in [3.8, 4) is 5.75 Å². The first kappa shape index (κ1) is 15.7. The van der Waals surface area contributed by atoms with E-state index in [1.54, 1.807) is 13.0 Å². The van der Waals surface area contributed by atoms with E-state index >= 15 is 0 Å². The number of rotatable bonds is 6. The van der Waals surface area contributed by atoms with Gasteiger partial charge in [0, 0.05) is 10.5 Å². The highest BCUT2D eigenvalue weighted by Gasteiger charge is 2.48. The van der Waals surface area contributed by atoms with Crippen molar-refractivity contribution in [3.63, 3.8) is 0 Å². The number of aryl methyl sites for hydroxylation is 1. The highest BCUT2D eigenvalue weighted by atomic mass is 79.9. The van der Waals surface area contributed by atoms with Crippen LogP contribution < -0.4 is 16.2 Å². The predicted molar refractivity (Wildman–Crippen MR) is 79.9 cm³/mol. The number of primary amides is 1. The lowest BCUT2D eigenvalue weighted by Crippen LogP contribution is -2.58. The molecule has 114 valence electrons. The van der Waals surface area contributed by atoms with E-state index in [0.29, 0.717) is 10.0 Å². The lowest BCUT2D eigenvalue weighted by Gasteiger charge is -2.26. The zero-order chi connectivity index (χ0) is 15.8. The number of hydrogen-bond acceptors (Lipinski definition) is 5. The third kappa shape index (κ3) is 3.16. The summed E-state index contributed by atoms with van der Waals surface area (Å²) in [4.78, 5) is 22.1. The second-order valence-corrected chi connectivity index (χ2v) is 6.21. The number of nitro benzene ring substituents is 1. The molecule has 0 spiro atoms. The number of nitro groups is 1. The van der Waals surface area contributed by atoms with Crippen LogP contribution in [-0.4, -0.2) is 23.0 Å². The van der Waals surface area contributed by atoms with Crippen molar-refractivity contribution in [3.05, 3.63) is 32.3 Å². The summed E-state index contributed by atoms with van der Waals surface area (Å²) in [5.74, 6) is -0.563. The second kappa shape index (κ2) is 5.61. The van der Waals surface area contributed by atoms with Crippen LogP contribution in [-0.2, 0) is 4.79 Å². The molecule has 1 aromatic rings. The molecule has 1 fully saturated rings. The highest BCUT2D eigenvalue weighted by molar-refractivity contribution is 9.10. The zero-order valence-electron chi connectivity index (χ0n) is 11.5. The van der Waals surface area contributed by atoms with Gasteiger partial charge in [0.05, 0.1) is 4.92 Å². The molecule has 21 heavy (non-hydrogen) atoms. The molecule has 8 heteroatoms. The number of carbonyl (C=O) groups excluding carboxylic acids is 1. The number of halogens is 1. The molecule has 0 aliphatic heterocycles. The van der Waals surface area contributed by atoms with Crippen LogP contribution in [0.25, 0.3) is 0 Å². The largest absolute Gasteiger partial charge is 0.484 e. The van der Waals surface area contributed by atoms with Crippen LogP contribution in [0.4, 0.5) is 5.69 Å². The van der Waals surface area contributed by atoms with E-state index in [1.807, 2.05) is 0 Å². The van der Waals surface area contributed by atoms with Crippen LogP contribution in [0.5, 0.6) is 5.75 Å². The Morgan fingerprint density at radius 1 is 1.57 bits per heavy atom. The average Bonchev–Trinajstić information content (AvgIpc) is 3.20. The summed E-state index contributed by atoms with van der Waals surface area (Å²) in [7, 11) is 0. The molecule has 0 heterocycles. The van der Waals surface area contributed by atoms with Gasteiger partial charge in [-0.1, -0.05) is 15.9 Å². The van der Waals surface area contributed by atoms with Crippen LogP contribution in [0, 0.1) is 23.0 Å². The summed E-state index contributed by atoms with van der Waals surface area (Å²) in [6.07, 6.45) is 1.62. The fourth-order valence-electron chi connectivity index (χ4n) is 2.22. The minimum Gasteiger partial charge on any atom is -0.484 e. The topological polar surface area (TPSA) is 121 Å². The van der Waals surface area contributed by atoms with Gasteiger partial charge in [0.15, 0.2) is 5.75 Å². The van der Waals surface area contributed by atoms with Crippen molar-refractivity contribution in [1.82, 2.24) is 0 Å². The minimum absolute atomic E-state index is 0.0233. The Morgan fingerprint density at radius 3 is 2.67 bits per heavy atom. The summed E-state index contributed by atoms with van der Waals surface area (Å²) in [5.41, 5.74) is 10.5. The summed E-state index contributed by atoms with van der Waals surface area (Å²) in [6, 6.07) is 3.05. The van der Waals surface area contributed by atoms with Gasteiger partial charge in [-0.05, 0) is 37.3 Å². The van der Waals surface area contributed by atoms with Crippen molar-refractivity contribution in [1.29, 1.82) is 0 Å². The molecule has 1 aliphatic rings. The molecule has 0 bridgehead atoms. The maximum absolute atomic E-state index is 11.6. The minimum atomic E-state index is -1.28. The first-order valence-electron chi connectivity index (χ1n) is 6.42. The fraction of sp³-hybridized carbons (Fsp3) is 0.462. The van der Waals surface area contributed by atoms with Gasteiger partial charge >= 0.3 is 5.69 Å². The normalized spacial score (nSPS) is 17.1. The molecule has 1 atom stereocenters. The Hall–Kier alpha value is -1.67. The van der Waals surface area contributed by atoms with E-state index in [0.717, 1.165) is 12.8 Å². The lowest BCUT2D eigenvalue weighted by atomic mass is 9.95. The Labute approximate surface area is 129 Å². The van der Waals surface area contributed by atoms with E-state index < -0.39 is 16.4 Å². The van der Waals surface area contributed by atoms with Crippen LogP contribution in [0.1, 0.15) is 18.4 Å². The maximum atomic E-state index is 11.6. The fourth-order valence-corrected chi connectivity index (χ4v) is 2.78. The van der Waals surface area contributed by atoms with Gasteiger partial charge in [-0.3, -0.25) is 14.9 Å². The molecule has 0 saturated heterocycles. The third-order valence-corrected chi connectivity index (χ3v) is 4.09. The van der Waals surface area contributed by atoms with E-state index in [2.05, 4.69) is 15.9 Å². The number of nitrogens with zero attached hydrogens (tertiary/aromatic N) is 1. The van der Waals surface area contributed by atoms with Crippen molar-refractivity contribution in [2.45, 2.75) is 25.3 Å². The molecule has 4 N–H and O–H groups in total. The summed E-state index contributed by atoms with van der Waals surface area (Å²) >= 11 is 3.20. The lowest BCUT2D eigenvalue weighted by molar-refractivity contribution is -0.386. The molecule has 1 aliphatic carbocycles. The molecule has 0 aromatic heterocycles. The third-order valence-electron chi connectivity index (χ3n) is 3.64. The number of carbonyl (C=O) groups is 1. The van der Waals surface area contributed by atoms with E-state index in [4.69, 9.17) is 16.2 Å². The first-order chi connectivity index (χ1) is 9.75. The van der Waals surface area contributed by atoms with Crippen LogP contribution in [0.2, 0.25) is 0 Å². The molecular formula is C13H16BrN3O4. The van der Waals surface area contributed by atoms with Crippen LogP contribution in [0.15, 0.2) is 16.6 Å². The standard InChI is InChI=1S/C13H16BrN3O4/c1-7-4-9(14)5-10(17(19)20)11(7)21-6-13(16,12(15)18)8-2-3-8/h4-5,8H,2-3,6,16H2,1H3,(H2,15,18). The molecule has 2 rings (SSSR count). The van der Waals surface area contributed by atoms with Crippen molar-refractivity contribution < 1.29 is 14.5 Å². The predicted octanol–water partition coefficient (Wildman–Crippen LogP) is 1.64. The summed E-state index contributed by atoms with van der Waals surface area (Å²) < 4.78 is 6.10. The average molecular weight is 358 g/mol. The monoisotopic (exact) mass is 357 g/mol. The van der Waals surface area contributed by atoms with Gasteiger partial charge in [-0.15, -0.1) is 0 Å². The van der Waals surface area contributed by atoms with Crippen LogP contribution in [0.3, 0.4) is 0 Å². The van der Waals surface area contributed by atoms with Gasteiger partial charge in [0.2, 0.25) is 5.91 Å². The second-order valence-electron chi connectivity index (χ2n) is 5.30. The van der Waals surface area contributed by atoms with E-state index in [-0.39, 0.29) is 24.0 Å². The van der Waals surface area contributed by atoms with Crippen molar-refractivity contribution >= 4 is 27.5 Å². The first-order valence-corrected chi connectivity index (χ1v) is 7.21. The summed E-state index contributed by atoms with van der Waals surface area (Å²) in [5, 5.41) is 11.1. The molecule has 1 unspecified atom stereocenters. The van der Waals surface area contributed by atoms with Gasteiger partial charge < -0.3 is 16.2 Å². The molecular weight excluding hydrogens is 342 g/mol. The number of hydrogen-bond donors (Lipinski definition) is 2. The molecule has 1 amide bonds. The Kier molecular flexibility index (Phi) is 4.20. The smallest absolute Gasteiger partial charge is 0.312 e. The molecule has 1 saturated carbocycles. The Morgan fingerprint density at radius 2 is 2.19 bits per heavy atom. The van der Waals surface area contributed by atoms with Gasteiger partial charge in [-0.2, -0.15) is 0 Å². The quantitative estimate of drug-likeness (QED) is 0.591. The number of amides is 1. The molecule has 7 nitrogen and oxygen atoms in total. The highest BCUT2D eigenvalue weighted by Crippen LogP contribution is 2.40. The van der Waals surface area contributed by atoms with Gasteiger partial charge in [-0.25, -0.2) is 0 Å². The maximum Gasteiger partial charge on any atom is 0.312 e. The molecule has 0 radical (unpaired) electrons. The zero-order valence-corrected chi connectivity index (χ0v) is 13.1. The number of ether oxygens (including phenoxy) is 1. The van der Waals surface area contributed by atoms with E-state index in [1.165, 1.54) is 6.07 Å². The van der Waals surface area contributed by atoms with E-state index in [9.17, 15) is 14.9 Å². The number of nitrogens with two attached hydrogens (primary N) is 2. The van der Waals surface area contributed by atoms with Crippen molar-refractivity contribution in [2.75, 3.05) is 6.61 Å². The van der Waals surface area contributed by atoms with Gasteiger partial charge in [0.25, 0.3) is 0 Å². The number of benzene rings is 1. The Bertz CT molecular complexity index is 603. The SMILES string of the molecule is Cc1cc(Br)cc([N+](=O)[O-])c1OCC(N)(C(N)=O)C1CC1.